The summed E-state index contributed by atoms with van der Waals surface area (Å²) in [5, 5.41) is 38.8. The zero-order valence-electron chi connectivity index (χ0n) is 19.2. The number of nitrogens with zero attached hydrogens (tertiary/aromatic N) is 5. The van der Waals surface area contributed by atoms with Gasteiger partial charge < -0.3 is 30.1 Å². The summed E-state index contributed by atoms with van der Waals surface area (Å²) < 4.78 is 13.9. The number of phenols is 1. The van der Waals surface area contributed by atoms with Crippen molar-refractivity contribution >= 4 is 47.9 Å². The third-order valence-electron chi connectivity index (χ3n) is 5.74. The Morgan fingerprint density at radius 2 is 1.97 bits per heavy atom. The molecule has 0 bridgehead atoms. The van der Waals surface area contributed by atoms with Crippen LogP contribution in [0, 0.1) is 4.77 Å². The number of aliphatic carboxylic acids is 2. The molecule has 2 aliphatic heterocycles. The van der Waals surface area contributed by atoms with E-state index in [1.807, 2.05) is 0 Å². The average molecular weight is 553 g/mol. The number of tetrazole rings is 1. The maximum atomic E-state index is 13.2. The zero-order valence-corrected chi connectivity index (χ0v) is 20.9. The van der Waals surface area contributed by atoms with E-state index in [0.29, 0.717) is 0 Å². The van der Waals surface area contributed by atoms with E-state index in [2.05, 4.69) is 15.7 Å². The highest BCUT2D eigenvalue weighted by molar-refractivity contribution is 7.98. The Morgan fingerprint density at radius 1 is 1.30 bits per heavy atom. The number of carbonyl (C=O) groups excluding carboxylic acids is 2. The van der Waals surface area contributed by atoms with Gasteiger partial charge in [-0.05, 0) is 57.9 Å². The number of nitrogens with one attached hydrogen (secondary N) is 1. The van der Waals surface area contributed by atoms with Crippen LogP contribution in [0.2, 0.25) is 0 Å². The van der Waals surface area contributed by atoms with Crippen LogP contribution in [0.1, 0.15) is 11.5 Å². The number of phenolic OH excluding ortho intramolecular Hbond substituents is 1. The number of amides is 2. The molecular formula is C20H20N6O9S2. The van der Waals surface area contributed by atoms with Crippen molar-refractivity contribution in [1.29, 1.82) is 0 Å². The van der Waals surface area contributed by atoms with Crippen molar-refractivity contribution in [3.05, 3.63) is 45.9 Å². The number of aromatic nitrogens is 4. The number of carbonyl (C=O) groups is 4. The molecule has 196 valence electrons. The Morgan fingerprint density at radius 3 is 2.51 bits per heavy atom. The average Bonchev–Trinajstić information content (AvgIpc) is 3.18. The highest BCUT2D eigenvalue weighted by atomic mass is 32.2. The summed E-state index contributed by atoms with van der Waals surface area (Å²) in [6, 6.07) is 4.92. The highest BCUT2D eigenvalue weighted by Gasteiger charge is 2.68. The van der Waals surface area contributed by atoms with Gasteiger partial charge in [0.1, 0.15) is 11.4 Å². The second-order valence-corrected chi connectivity index (χ2v) is 9.18. The fraction of sp³-hybridized carbons (Fsp3) is 0.350. The first-order valence-corrected chi connectivity index (χ1v) is 11.8. The number of carboxylic acids is 2. The number of aryl methyl sites for hydroxylation is 1. The lowest BCUT2D eigenvalue weighted by Gasteiger charge is -2.55. The van der Waals surface area contributed by atoms with Gasteiger partial charge in [0, 0.05) is 19.9 Å². The standard InChI is InChI=1S/C20H20N6O9S2/c1-24-19(36)26(23-22-24)37-8-10-7-35-18-20(34-2,17(33)25(18)13(10)16(31)32)21-14(28)12(15(29)30)9-3-5-11(27)6-4-9/h3-6,12,18,27H,7-8H2,1-2H3,(H,21,28)(H,29,30)(H,31,32)/t12?,18-,20+/m1/s1. The van der Waals surface area contributed by atoms with E-state index in [4.69, 9.17) is 21.7 Å². The molecule has 0 saturated carbocycles. The molecular weight excluding hydrogens is 532 g/mol. The van der Waals surface area contributed by atoms with E-state index >= 15 is 0 Å². The first-order valence-electron chi connectivity index (χ1n) is 10.4. The molecule has 37 heavy (non-hydrogen) atoms. The summed E-state index contributed by atoms with van der Waals surface area (Å²) in [6.07, 6.45) is -1.37. The molecule has 3 heterocycles. The van der Waals surface area contributed by atoms with Gasteiger partial charge in [-0.25, -0.2) is 9.48 Å². The number of β-lactam (4-membered cyclic amide) rings is 1. The van der Waals surface area contributed by atoms with Crippen LogP contribution >= 0.6 is 24.2 Å². The van der Waals surface area contributed by atoms with Gasteiger partial charge in [0.15, 0.2) is 12.1 Å². The summed E-state index contributed by atoms with van der Waals surface area (Å²) in [4.78, 5) is 51.0. The van der Waals surface area contributed by atoms with Crippen molar-refractivity contribution in [2.24, 2.45) is 7.05 Å². The van der Waals surface area contributed by atoms with Gasteiger partial charge in [0.2, 0.25) is 10.7 Å². The minimum Gasteiger partial charge on any atom is -0.508 e. The van der Waals surface area contributed by atoms with Crippen LogP contribution < -0.4 is 5.32 Å². The Bertz CT molecular complexity index is 1370. The number of hydrogen-bond donors (Lipinski definition) is 4. The van der Waals surface area contributed by atoms with Crippen LogP contribution in [0.4, 0.5) is 0 Å². The topological polar surface area (TPSA) is 198 Å². The van der Waals surface area contributed by atoms with Crippen molar-refractivity contribution in [2.75, 3.05) is 19.5 Å². The third kappa shape index (κ3) is 4.45. The summed E-state index contributed by atoms with van der Waals surface area (Å²) in [5.41, 5.74) is -2.25. The van der Waals surface area contributed by atoms with Gasteiger partial charge in [-0.2, -0.15) is 4.09 Å². The maximum Gasteiger partial charge on any atom is 0.352 e. The molecule has 1 saturated heterocycles. The molecule has 2 aliphatic rings. The quantitative estimate of drug-likeness (QED) is 0.133. The molecule has 1 fully saturated rings. The lowest BCUT2D eigenvalue weighted by Crippen LogP contribution is -2.82. The Labute approximate surface area is 217 Å². The predicted molar refractivity (Wildman–Crippen MR) is 125 cm³/mol. The summed E-state index contributed by atoms with van der Waals surface area (Å²) in [5.74, 6) is -6.84. The predicted octanol–water partition coefficient (Wildman–Crippen LogP) is -0.588. The molecule has 4 rings (SSSR count). The largest absolute Gasteiger partial charge is 0.508 e. The lowest BCUT2D eigenvalue weighted by molar-refractivity contribution is -0.258. The number of carboxylic acid groups (broad SMARTS) is 2. The number of rotatable bonds is 9. The maximum absolute atomic E-state index is 13.2. The molecule has 4 N–H and O–H groups in total. The van der Waals surface area contributed by atoms with Crippen molar-refractivity contribution in [1.82, 2.24) is 29.4 Å². The first kappa shape index (κ1) is 26.3. The van der Waals surface area contributed by atoms with Crippen LogP contribution in [0.15, 0.2) is 35.5 Å². The zero-order chi connectivity index (χ0) is 27.1. The van der Waals surface area contributed by atoms with Gasteiger partial charge in [-0.3, -0.25) is 19.3 Å². The second-order valence-electron chi connectivity index (χ2n) is 7.92. The molecule has 17 heteroatoms. The molecule has 2 amide bonds. The smallest absolute Gasteiger partial charge is 0.352 e. The molecule has 0 radical (unpaired) electrons. The van der Waals surface area contributed by atoms with Crippen LogP contribution in [-0.4, -0.2) is 94.6 Å². The summed E-state index contributed by atoms with van der Waals surface area (Å²) >= 11 is 6.19. The van der Waals surface area contributed by atoms with E-state index < -0.39 is 41.6 Å². The van der Waals surface area contributed by atoms with Crippen LogP contribution in [-0.2, 0) is 35.7 Å². The summed E-state index contributed by atoms with van der Waals surface area (Å²) in [7, 11) is 2.69. The molecule has 15 nitrogen and oxygen atoms in total. The van der Waals surface area contributed by atoms with E-state index in [1.54, 1.807) is 7.05 Å². The third-order valence-corrected chi connectivity index (χ3v) is 7.26. The van der Waals surface area contributed by atoms with Gasteiger partial charge in [-0.15, -0.1) is 0 Å². The van der Waals surface area contributed by atoms with E-state index in [-0.39, 0.29) is 39.7 Å². The number of aromatic hydroxyl groups is 1. The number of hydrogen-bond acceptors (Lipinski definition) is 11. The van der Waals surface area contributed by atoms with E-state index in [1.165, 1.54) is 33.0 Å². The van der Waals surface area contributed by atoms with Gasteiger partial charge in [-0.1, -0.05) is 12.1 Å². The van der Waals surface area contributed by atoms with Gasteiger partial charge in [0.25, 0.3) is 11.6 Å². The molecule has 1 aromatic heterocycles. The molecule has 2 aromatic rings. The Kier molecular flexibility index (Phi) is 7.05. The van der Waals surface area contributed by atoms with Crippen molar-refractivity contribution < 1.29 is 44.0 Å². The van der Waals surface area contributed by atoms with Crippen LogP contribution in [0.3, 0.4) is 0 Å². The normalized spacial score (nSPS) is 21.7. The minimum absolute atomic E-state index is 0.0373. The molecule has 1 unspecified atom stereocenters. The Hall–Kier alpha value is -3.80. The molecule has 0 spiro atoms. The molecule has 1 aromatic carbocycles. The monoisotopic (exact) mass is 552 g/mol. The van der Waals surface area contributed by atoms with Crippen molar-refractivity contribution in [3.8, 4) is 5.75 Å². The van der Waals surface area contributed by atoms with E-state index in [9.17, 15) is 34.5 Å². The number of benzene rings is 1. The fourth-order valence-electron chi connectivity index (χ4n) is 3.90. The van der Waals surface area contributed by atoms with Crippen LogP contribution in [0.25, 0.3) is 0 Å². The summed E-state index contributed by atoms with van der Waals surface area (Å²) in [6.45, 7) is -0.238. The molecule has 3 atom stereocenters. The highest BCUT2D eigenvalue weighted by Crippen LogP contribution is 2.41. The van der Waals surface area contributed by atoms with E-state index in [0.717, 1.165) is 24.0 Å². The number of methoxy groups -OCH3 is 1. The molecule has 0 aliphatic carbocycles. The van der Waals surface area contributed by atoms with Crippen molar-refractivity contribution in [3.63, 3.8) is 0 Å². The van der Waals surface area contributed by atoms with Gasteiger partial charge >= 0.3 is 11.9 Å². The SMILES string of the molecule is CO[C@@]1(NC(=O)C(C(=O)O)c2ccc(O)cc2)C(=O)N2C(C(=O)O)=C(CSn3nnn(C)c3=S)CO[C@@H]21. The fourth-order valence-corrected chi connectivity index (χ4v) is 4.94. The van der Waals surface area contributed by atoms with Gasteiger partial charge in [0.05, 0.1) is 6.61 Å². The number of fused-ring (bicyclic) bond motifs is 1. The first-order chi connectivity index (χ1) is 17.5. The number of ether oxygens (including phenoxy) is 2. The van der Waals surface area contributed by atoms with Crippen molar-refractivity contribution in [2.45, 2.75) is 17.9 Å². The second kappa shape index (κ2) is 9.92. The Balaban J connectivity index is 1.59. The lowest BCUT2D eigenvalue weighted by atomic mass is 9.92. The van der Waals surface area contributed by atoms with Crippen LogP contribution in [0.5, 0.6) is 5.75 Å². The minimum atomic E-state index is -2.16.